The van der Waals surface area contributed by atoms with Gasteiger partial charge in [0.05, 0.1) is 25.7 Å². The average molecular weight is 540 g/mol. The first-order valence-corrected chi connectivity index (χ1v) is 12.6. The van der Waals surface area contributed by atoms with Gasteiger partial charge in [0.2, 0.25) is 5.96 Å². The second kappa shape index (κ2) is 9.45. The number of carbonyl (C=O) groups excluding carboxylic acids is 1. The lowest BCUT2D eigenvalue weighted by molar-refractivity contribution is 0.0835. The predicted molar refractivity (Wildman–Crippen MR) is 137 cm³/mol. The molecule has 0 N–H and O–H groups in total. The van der Waals surface area contributed by atoms with Crippen LogP contribution in [0, 0.1) is 12.7 Å². The first kappa shape index (κ1) is 23.5. The Hall–Kier alpha value is -3.20. The summed E-state index contributed by atoms with van der Waals surface area (Å²) in [5.74, 6) is 0.712. The Balaban J connectivity index is 1.54. The molecule has 7 nitrogen and oxygen atoms in total. The zero-order valence-corrected chi connectivity index (χ0v) is 21.5. The fourth-order valence-corrected chi connectivity index (χ4v) is 5.04. The molecule has 1 aromatic heterocycles. The standard InChI is InChI=1S/C26H27BrFN5O2/c1-4-31-24(34)22-23(33-15-19(29-25(31)33)13-18-8-6-7-9-21(18)28)30-26(35-5-2)32(22)14-17-11-10-16(3)20(27)12-17/h6-12,19H,4-5,13-15H2,1-3H3/t19-/m1/s1. The van der Waals surface area contributed by atoms with Crippen LogP contribution >= 0.6 is 15.9 Å². The van der Waals surface area contributed by atoms with Gasteiger partial charge in [0.1, 0.15) is 5.82 Å². The van der Waals surface area contributed by atoms with Crippen molar-refractivity contribution < 1.29 is 13.9 Å². The molecule has 182 valence electrons. The first-order chi connectivity index (χ1) is 16.9. The second-order valence-electron chi connectivity index (χ2n) is 8.71. The van der Waals surface area contributed by atoms with Gasteiger partial charge in [-0.3, -0.25) is 19.2 Å². The van der Waals surface area contributed by atoms with E-state index in [9.17, 15) is 9.18 Å². The van der Waals surface area contributed by atoms with Gasteiger partial charge in [-0.25, -0.2) is 9.38 Å². The highest BCUT2D eigenvalue weighted by atomic mass is 79.9. The third-order valence-electron chi connectivity index (χ3n) is 6.37. The minimum atomic E-state index is -0.242. The molecular formula is C26H27BrFN5O2. The minimum absolute atomic E-state index is 0.159. The highest BCUT2D eigenvalue weighted by molar-refractivity contribution is 9.10. The molecule has 0 fully saturated rings. The number of rotatable bonds is 7. The number of aliphatic imine (C=N–C) groups is 1. The molecule has 0 spiro atoms. The maximum Gasteiger partial charge on any atom is 0.299 e. The van der Waals surface area contributed by atoms with E-state index in [-0.39, 0.29) is 17.8 Å². The molecule has 3 aromatic rings. The molecular weight excluding hydrogens is 513 g/mol. The van der Waals surface area contributed by atoms with Crippen molar-refractivity contribution in [3.8, 4) is 6.01 Å². The van der Waals surface area contributed by atoms with E-state index in [1.54, 1.807) is 17.0 Å². The number of benzene rings is 2. The molecule has 9 heteroatoms. The van der Waals surface area contributed by atoms with Crippen molar-refractivity contribution in [2.75, 3.05) is 24.6 Å². The maximum absolute atomic E-state index is 14.3. The van der Waals surface area contributed by atoms with Crippen LogP contribution < -0.4 is 9.64 Å². The molecule has 5 rings (SSSR count). The lowest BCUT2D eigenvalue weighted by Crippen LogP contribution is -2.50. The highest BCUT2D eigenvalue weighted by Crippen LogP contribution is 2.36. The molecule has 0 unspecified atom stereocenters. The Morgan fingerprint density at radius 3 is 2.71 bits per heavy atom. The zero-order valence-electron chi connectivity index (χ0n) is 20.0. The molecule has 2 aliphatic rings. The fourth-order valence-electron chi connectivity index (χ4n) is 4.62. The monoisotopic (exact) mass is 539 g/mol. The van der Waals surface area contributed by atoms with Crippen molar-refractivity contribution in [3.05, 3.63) is 75.1 Å². The van der Waals surface area contributed by atoms with Crippen molar-refractivity contribution in [1.29, 1.82) is 0 Å². The molecule has 2 aliphatic heterocycles. The van der Waals surface area contributed by atoms with Gasteiger partial charge in [-0.2, -0.15) is 4.98 Å². The van der Waals surface area contributed by atoms with Crippen LogP contribution in [-0.2, 0) is 13.0 Å². The van der Waals surface area contributed by atoms with Crippen LogP contribution in [0.3, 0.4) is 0 Å². The Bertz CT molecular complexity index is 1320. The van der Waals surface area contributed by atoms with E-state index in [0.717, 1.165) is 15.6 Å². The van der Waals surface area contributed by atoms with Gasteiger partial charge >= 0.3 is 0 Å². The Morgan fingerprint density at radius 1 is 1.20 bits per heavy atom. The van der Waals surface area contributed by atoms with Gasteiger partial charge < -0.3 is 4.74 Å². The topological polar surface area (TPSA) is 63.0 Å². The normalized spacial score (nSPS) is 16.9. The summed E-state index contributed by atoms with van der Waals surface area (Å²) in [6.45, 7) is 7.70. The number of anilines is 1. The lowest BCUT2D eigenvalue weighted by atomic mass is 10.1. The van der Waals surface area contributed by atoms with Crippen molar-refractivity contribution in [3.63, 3.8) is 0 Å². The summed E-state index contributed by atoms with van der Waals surface area (Å²) in [6, 6.07) is 13.1. The average Bonchev–Trinajstić information content (AvgIpc) is 3.40. The minimum Gasteiger partial charge on any atom is -0.465 e. The number of hydrogen-bond acceptors (Lipinski definition) is 5. The highest BCUT2D eigenvalue weighted by Gasteiger charge is 2.44. The number of halogens is 2. The second-order valence-corrected chi connectivity index (χ2v) is 9.56. The van der Waals surface area contributed by atoms with Crippen LogP contribution in [0.15, 0.2) is 51.9 Å². The van der Waals surface area contributed by atoms with Gasteiger partial charge in [0.25, 0.3) is 11.9 Å². The summed E-state index contributed by atoms with van der Waals surface area (Å²) < 4.78 is 23.0. The molecule has 0 saturated carbocycles. The third-order valence-corrected chi connectivity index (χ3v) is 7.23. The van der Waals surface area contributed by atoms with Gasteiger partial charge in [0, 0.05) is 11.0 Å². The van der Waals surface area contributed by atoms with Crippen LogP contribution in [-0.4, -0.2) is 52.1 Å². The Kier molecular flexibility index (Phi) is 6.35. The smallest absolute Gasteiger partial charge is 0.299 e. The van der Waals surface area contributed by atoms with Crippen LogP contribution in [0.2, 0.25) is 0 Å². The zero-order chi connectivity index (χ0) is 24.7. The maximum atomic E-state index is 14.3. The number of guanidine groups is 1. The van der Waals surface area contributed by atoms with E-state index in [2.05, 4.69) is 22.0 Å². The number of hydrogen-bond donors (Lipinski definition) is 0. The summed E-state index contributed by atoms with van der Waals surface area (Å²) in [7, 11) is 0. The predicted octanol–water partition coefficient (Wildman–Crippen LogP) is 4.80. The van der Waals surface area contributed by atoms with Crippen LogP contribution in [0.25, 0.3) is 0 Å². The van der Waals surface area contributed by atoms with Crippen LogP contribution in [0.1, 0.15) is 41.0 Å². The van der Waals surface area contributed by atoms with E-state index < -0.39 is 0 Å². The molecule has 0 radical (unpaired) electrons. The Labute approximate surface area is 212 Å². The van der Waals surface area contributed by atoms with Gasteiger partial charge in [-0.1, -0.05) is 46.3 Å². The number of ether oxygens (including phenoxy) is 1. The summed E-state index contributed by atoms with van der Waals surface area (Å²) in [5, 5.41) is 0. The quantitative estimate of drug-likeness (QED) is 0.432. The van der Waals surface area contributed by atoms with E-state index in [4.69, 9.17) is 14.7 Å². The molecule has 0 aliphatic carbocycles. The van der Waals surface area contributed by atoms with Gasteiger partial charge in [-0.05, 0) is 56.0 Å². The summed E-state index contributed by atoms with van der Waals surface area (Å²) >= 11 is 3.60. The largest absolute Gasteiger partial charge is 0.465 e. The van der Waals surface area contributed by atoms with Crippen LogP contribution in [0.5, 0.6) is 6.01 Å². The summed E-state index contributed by atoms with van der Waals surface area (Å²) in [4.78, 5) is 26.9. The van der Waals surface area contributed by atoms with E-state index >= 15 is 0 Å². The SMILES string of the molecule is CCOc1nc2c(n1Cc1ccc(C)c(Br)c1)C(=O)N(CC)C1=N[C@H](Cc3ccccc3F)CN12. The van der Waals surface area contributed by atoms with E-state index in [1.165, 1.54) is 6.07 Å². The summed E-state index contributed by atoms with van der Waals surface area (Å²) in [5.41, 5.74) is 3.26. The molecule has 35 heavy (non-hydrogen) atoms. The number of imidazole rings is 1. The number of aryl methyl sites for hydroxylation is 1. The van der Waals surface area contributed by atoms with Crippen molar-refractivity contribution in [1.82, 2.24) is 14.5 Å². The summed E-state index contributed by atoms with van der Waals surface area (Å²) in [6.07, 6.45) is 0.449. The van der Waals surface area contributed by atoms with E-state index in [1.807, 2.05) is 48.4 Å². The van der Waals surface area contributed by atoms with Gasteiger partial charge in [-0.15, -0.1) is 0 Å². The van der Waals surface area contributed by atoms with Crippen molar-refractivity contribution >= 4 is 33.6 Å². The number of amides is 1. The van der Waals surface area contributed by atoms with Crippen molar-refractivity contribution in [2.45, 2.75) is 39.8 Å². The molecule has 0 saturated heterocycles. The number of aromatic nitrogens is 2. The van der Waals surface area contributed by atoms with E-state index in [0.29, 0.717) is 61.7 Å². The molecule has 3 heterocycles. The first-order valence-electron chi connectivity index (χ1n) is 11.8. The molecule has 1 amide bonds. The fraction of sp³-hybridized carbons (Fsp3) is 0.346. The Morgan fingerprint density at radius 2 is 2.00 bits per heavy atom. The molecule has 2 aromatic carbocycles. The lowest BCUT2D eigenvalue weighted by Gasteiger charge is -2.32. The van der Waals surface area contributed by atoms with Crippen LogP contribution in [0.4, 0.5) is 10.2 Å². The third kappa shape index (κ3) is 4.22. The van der Waals surface area contributed by atoms with Crippen molar-refractivity contribution in [2.24, 2.45) is 4.99 Å². The number of nitrogens with zero attached hydrogens (tertiary/aromatic N) is 5. The number of fused-ring (bicyclic) bond motifs is 3. The molecule has 0 bridgehead atoms. The van der Waals surface area contributed by atoms with Gasteiger partial charge in [0.15, 0.2) is 11.5 Å². The number of carbonyl (C=O) groups is 1. The molecule has 1 atom stereocenters.